The Morgan fingerprint density at radius 3 is 2.16 bits per heavy atom. The lowest BCUT2D eigenvalue weighted by molar-refractivity contribution is -0.136. The fraction of sp³-hybridized carbons (Fsp3) is 0.188. The van der Waals surface area contributed by atoms with Crippen LogP contribution in [0.2, 0.25) is 0 Å². The second-order valence-electron chi connectivity index (χ2n) is 4.51. The van der Waals surface area contributed by atoms with E-state index in [1.165, 1.54) is 5.56 Å². The molecule has 0 saturated heterocycles. The van der Waals surface area contributed by atoms with E-state index in [0.29, 0.717) is 6.54 Å². The first-order valence-electron chi connectivity index (χ1n) is 6.29. The average Bonchev–Trinajstić information content (AvgIpc) is 2.39. The minimum absolute atomic E-state index is 0.0519. The molecule has 3 heteroatoms. The molecule has 0 fully saturated rings. The van der Waals surface area contributed by atoms with Gasteiger partial charge in [-0.15, -0.1) is 0 Å². The van der Waals surface area contributed by atoms with Crippen LogP contribution in [0.5, 0.6) is 0 Å². The van der Waals surface area contributed by atoms with Gasteiger partial charge in [0, 0.05) is 0 Å². The van der Waals surface area contributed by atoms with Gasteiger partial charge in [0.05, 0.1) is 6.42 Å². The van der Waals surface area contributed by atoms with Crippen LogP contribution >= 0.6 is 0 Å². The summed E-state index contributed by atoms with van der Waals surface area (Å²) in [6.45, 7) is 0.627. The Bertz CT molecular complexity index is 578. The fourth-order valence-corrected chi connectivity index (χ4v) is 2.11. The van der Waals surface area contributed by atoms with Crippen LogP contribution < -0.4 is 5.73 Å². The topological polar surface area (TPSA) is 63.3 Å². The Kier molecular flexibility index (Phi) is 4.31. The van der Waals surface area contributed by atoms with Gasteiger partial charge in [-0.3, -0.25) is 4.79 Å². The molecule has 98 valence electrons. The molecular formula is C16H17NO2. The Balaban J connectivity index is 2.30. The number of aliphatic carboxylic acids is 1. The molecule has 2 rings (SSSR count). The largest absolute Gasteiger partial charge is 0.481 e. The minimum Gasteiger partial charge on any atom is -0.481 e. The molecule has 0 aliphatic carbocycles. The highest BCUT2D eigenvalue weighted by Crippen LogP contribution is 2.22. The molecule has 2 aromatic rings. The summed E-state index contributed by atoms with van der Waals surface area (Å²) in [5, 5.41) is 8.83. The Hall–Kier alpha value is -2.13. The summed E-state index contributed by atoms with van der Waals surface area (Å²) in [6.07, 6.45) is 0.902. The zero-order valence-corrected chi connectivity index (χ0v) is 10.7. The SMILES string of the molecule is NCCc1cccc(-c2cccc(CC(=O)O)c2)c1. The molecule has 0 aromatic heterocycles. The third-order valence-corrected chi connectivity index (χ3v) is 2.98. The predicted octanol–water partition coefficient (Wildman–Crippen LogP) is 2.48. The number of benzene rings is 2. The van der Waals surface area contributed by atoms with Gasteiger partial charge in [-0.1, -0.05) is 48.5 Å². The van der Waals surface area contributed by atoms with Crippen molar-refractivity contribution in [3.05, 3.63) is 59.7 Å². The van der Waals surface area contributed by atoms with Crippen molar-refractivity contribution in [1.29, 1.82) is 0 Å². The van der Waals surface area contributed by atoms with Gasteiger partial charge in [-0.25, -0.2) is 0 Å². The Morgan fingerprint density at radius 1 is 1.00 bits per heavy atom. The average molecular weight is 255 g/mol. The normalized spacial score (nSPS) is 10.4. The van der Waals surface area contributed by atoms with Crippen LogP contribution in [0, 0.1) is 0 Å². The summed E-state index contributed by atoms with van der Waals surface area (Å²) >= 11 is 0. The molecule has 0 aliphatic rings. The van der Waals surface area contributed by atoms with E-state index in [0.717, 1.165) is 23.1 Å². The van der Waals surface area contributed by atoms with Crippen LogP contribution in [0.3, 0.4) is 0 Å². The molecule has 0 saturated carbocycles. The van der Waals surface area contributed by atoms with E-state index >= 15 is 0 Å². The van der Waals surface area contributed by atoms with E-state index in [4.69, 9.17) is 10.8 Å². The van der Waals surface area contributed by atoms with Gasteiger partial charge in [-0.2, -0.15) is 0 Å². The minimum atomic E-state index is -0.811. The number of carboxylic acid groups (broad SMARTS) is 1. The zero-order chi connectivity index (χ0) is 13.7. The molecule has 0 aliphatic heterocycles. The van der Waals surface area contributed by atoms with Gasteiger partial charge in [0.2, 0.25) is 0 Å². The molecule has 3 N–H and O–H groups in total. The molecule has 0 heterocycles. The molecule has 2 aromatic carbocycles. The Morgan fingerprint density at radius 2 is 1.58 bits per heavy atom. The van der Waals surface area contributed by atoms with Gasteiger partial charge in [0.1, 0.15) is 0 Å². The fourth-order valence-electron chi connectivity index (χ4n) is 2.11. The van der Waals surface area contributed by atoms with Crippen LogP contribution in [-0.4, -0.2) is 17.6 Å². The zero-order valence-electron chi connectivity index (χ0n) is 10.7. The number of carbonyl (C=O) groups is 1. The lowest BCUT2D eigenvalue weighted by Gasteiger charge is -2.06. The van der Waals surface area contributed by atoms with Crippen molar-refractivity contribution in [3.8, 4) is 11.1 Å². The van der Waals surface area contributed by atoms with Crippen molar-refractivity contribution in [2.75, 3.05) is 6.54 Å². The maximum atomic E-state index is 10.7. The summed E-state index contributed by atoms with van der Waals surface area (Å²) in [7, 11) is 0. The highest BCUT2D eigenvalue weighted by Gasteiger charge is 2.03. The number of hydrogen-bond donors (Lipinski definition) is 2. The number of nitrogens with two attached hydrogens (primary N) is 1. The molecule has 0 spiro atoms. The molecule has 0 radical (unpaired) electrons. The van der Waals surface area contributed by atoms with E-state index in [1.807, 2.05) is 36.4 Å². The summed E-state index contributed by atoms with van der Waals surface area (Å²) in [5.74, 6) is -0.811. The van der Waals surface area contributed by atoms with Crippen LogP contribution in [0.25, 0.3) is 11.1 Å². The summed E-state index contributed by atoms with van der Waals surface area (Å²) in [5.41, 5.74) is 9.71. The van der Waals surface area contributed by atoms with Crippen LogP contribution in [-0.2, 0) is 17.6 Å². The number of carboxylic acids is 1. The van der Waals surface area contributed by atoms with Crippen molar-refractivity contribution >= 4 is 5.97 Å². The molecule has 0 unspecified atom stereocenters. The summed E-state index contributed by atoms with van der Waals surface area (Å²) < 4.78 is 0. The maximum Gasteiger partial charge on any atom is 0.307 e. The first-order valence-corrected chi connectivity index (χ1v) is 6.29. The smallest absolute Gasteiger partial charge is 0.307 e. The van der Waals surface area contributed by atoms with Crippen LogP contribution in [0.15, 0.2) is 48.5 Å². The van der Waals surface area contributed by atoms with Gasteiger partial charge in [0.15, 0.2) is 0 Å². The first-order chi connectivity index (χ1) is 9.19. The number of hydrogen-bond acceptors (Lipinski definition) is 2. The molecule has 0 amide bonds. The monoisotopic (exact) mass is 255 g/mol. The quantitative estimate of drug-likeness (QED) is 0.862. The van der Waals surface area contributed by atoms with Gasteiger partial charge in [-0.05, 0) is 35.2 Å². The first kappa shape index (κ1) is 13.3. The van der Waals surface area contributed by atoms with Gasteiger partial charge < -0.3 is 10.8 Å². The third kappa shape index (κ3) is 3.66. The maximum absolute atomic E-state index is 10.7. The molecule has 3 nitrogen and oxygen atoms in total. The summed E-state index contributed by atoms with van der Waals surface area (Å²) in [4.78, 5) is 10.7. The van der Waals surface area contributed by atoms with Crippen molar-refractivity contribution in [3.63, 3.8) is 0 Å². The van der Waals surface area contributed by atoms with Gasteiger partial charge in [0.25, 0.3) is 0 Å². The predicted molar refractivity (Wildman–Crippen MR) is 76.0 cm³/mol. The second kappa shape index (κ2) is 6.16. The van der Waals surface area contributed by atoms with Crippen LogP contribution in [0.1, 0.15) is 11.1 Å². The van der Waals surface area contributed by atoms with Crippen molar-refractivity contribution < 1.29 is 9.90 Å². The molecule has 0 bridgehead atoms. The lowest BCUT2D eigenvalue weighted by atomic mass is 9.99. The third-order valence-electron chi connectivity index (χ3n) is 2.98. The van der Waals surface area contributed by atoms with E-state index < -0.39 is 5.97 Å². The molecule has 0 atom stereocenters. The van der Waals surface area contributed by atoms with Crippen molar-refractivity contribution in [2.45, 2.75) is 12.8 Å². The highest BCUT2D eigenvalue weighted by atomic mass is 16.4. The Labute approximate surface area is 112 Å². The van der Waals surface area contributed by atoms with Crippen LogP contribution in [0.4, 0.5) is 0 Å². The van der Waals surface area contributed by atoms with Gasteiger partial charge >= 0.3 is 5.97 Å². The second-order valence-corrected chi connectivity index (χ2v) is 4.51. The summed E-state index contributed by atoms with van der Waals surface area (Å²) in [6, 6.07) is 15.8. The molecular weight excluding hydrogens is 238 g/mol. The highest BCUT2D eigenvalue weighted by molar-refractivity contribution is 5.72. The lowest BCUT2D eigenvalue weighted by Crippen LogP contribution is -2.02. The van der Waals surface area contributed by atoms with E-state index in [2.05, 4.69) is 12.1 Å². The van der Waals surface area contributed by atoms with E-state index in [1.54, 1.807) is 0 Å². The van der Waals surface area contributed by atoms with Crippen molar-refractivity contribution in [1.82, 2.24) is 0 Å². The van der Waals surface area contributed by atoms with Crippen molar-refractivity contribution in [2.24, 2.45) is 5.73 Å². The molecule has 19 heavy (non-hydrogen) atoms. The van der Waals surface area contributed by atoms with E-state index in [-0.39, 0.29) is 6.42 Å². The number of rotatable bonds is 5. The van der Waals surface area contributed by atoms with E-state index in [9.17, 15) is 4.79 Å². The standard InChI is InChI=1S/C16H17NO2/c17-8-7-12-3-1-5-14(9-12)15-6-2-4-13(10-15)11-16(18)19/h1-6,9-10H,7-8,11,17H2,(H,18,19).